The number of halogens is 2. The molecular weight excluding hydrogens is 669 g/mol. The second kappa shape index (κ2) is 16.4. The van der Waals surface area contributed by atoms with Crippen molar-refractivity contribution >= 4 is 50.7 Å². The number of carbonyl (C=O) groups is 2. The number of hydrogen-bond acceptors (Lipinski definition) is 5. The Hall–Kier alpha value is -4.05. The summed E-state index contributed by atoms with van der Waals surface area (Å²) in [5.74, 6) is -0.345. The lowest BCUT2D eigenvalue weighted by atomic mass is 9.94. The number of nitrogens with zero attached hydrogens (tertiary/aromatic N) is 2. The summed E-state index contributed by atoms with van der Waals surface area (Å²) in [4.78, 5) is 30.3. The van der Waals surface area contributed by atoms with Gasteiger partial charge in [0.2, 0.25) is 11.8 Å². The van der Waals surface area contributed by atoms with E-state index in [9.17, 15) is 18.0 Å². The summed E-state index contributed by atoms with van der Waals surface area (Å²) in [6.45, 7) is -0.557. The fourth-order valence-corrected chi connectivity index (χ4v) is 7.67. The fraction of sp³-hybridized carbons (Fsp3) is 0.297. The molecule has 0 aromatic heterocycles. The second-order valence-electron chi connectivity index (χ2n) is 11.8. The lowest BCUT2D eigenvalue weighted by molar-refractivity contribution is -0.140. The first-order valence-corrected chi connectivity index (χ1v) is 18.1. The Bertz CT molecular complexity index is 1790. The molecule has 0 radical (unpaired) electrons. The highest BCUT2D eigenvalue weighted by atomic mass is 35.5. The largest absolute Gasteiger partial charge is 0.497 e. The number of methoxy groups -OCH3 is 1. The van der Waals surface area contributed by atoms with E-state index in [1.807, 2.05) is 30.3 Å². The van der Waals surface area contributed by atoms with Crippen LogP contribution in [0.5, 0.6) is 5.75 Å². The Morgan fingerprint density at radius 3 is 2.10 bits per heavy atom. The van der Waals surface area contributed by atoms with Crippen LogP contribution in [0.25, 0.3) is 0 Å². The van der Waals surface area contributed by atoms with Gasteiger partial charge in [0.25, 0.3) is 10.0 Å². The Morgan fingerprint density at radius 1 is 0.833 bits per heavy atom. The summed E-state index contributed by atoms with van der Waals surface area (Å²) in [5, 5.41) is 3.87. The van der Waals surface area contributed by atoms with Crippen molar-refractivity contribution in [2.24, 2.45) is 0 Å². The number of rotatable bonds is 13. The molecule has 0 saturated heterocycles. The Balaban J connectivity index is 1.56. The molecule has 4 aromatic rings. The number of nitrogens with one attached hydrogen (secondary N) is 1. The third kappa shape index (κ3) is 8.89. The molecule has 1 saturated carbocycles. The summed E-state index contributed by atoms with van der Waals surface area (Å²) >= 11 is 12.6. The van der Waals surface area contributed by atoms with Gasteiger partial charge < -0.3 is 15.0 Å². The number of hydrogen-bond donors (Lipinski definition) is 1. The molecule has 1 atom stereocenters. The highest BCUT2D eigenvalue weighted by molar-refractivity contribution is 7.92. The van der Waals surface area contributed by atoms with Crippen LogP contribution >= 0.6 is 23.2 Å². The topological polar surface area (TPSA) is 96.0 Å². The normalized spacial score (nSPS) is 14.1. The van der Waals surface area contributed by atoms with E-state index in [4.69, 9.17) is 27.9 Å². The zero-order valence-corrected chi connectivity index (χ0v) is 29.1. The minimum Gasteiger partial charge on any atom is -0.497 e. The molecule has 0 spiro atoms. The Kier molecular flexibility index (Phi) is 12.0. The predicted octanol–water partition coefficient (Wildman–Crippen LogP) is 7.29. The van der Waals surface area contributed by atoms with Gasteiger partial charge in [-0.1, -0.05) is 97.1 Å². The first kappa shape index (κ1) is 35.3. The molecule has 1 aliphatic rings. The molecule has 4 aromatic carbocycles. The van der Waals surface area contributed by atoms with E-state index in [0.29, 0.717) is 27.0 Å². The molecule has 0 aliphatic heterocycles. The van der Waals surface area contributed by atoms with Crippen molar-refractivity contribution in [1.82, 2.24) is 10.2 Å². The van der Waals surface area contributed by atoms with Crippen LogP contribution in [0.15, 0.2) is 108 Å². The van der Waals surface area contributed by atoms with Crippen LogP contribution in [0.2, 0.25) is 10.0 Å². The maximum atomic E-state index is 14.7. The van der Waals surface area contributed by atoms with Crippen LogP contribution in [0.4, 0.5) is 5.69 Å². The minimum absolute atomic E-state index is 0.00252. The average molecular weight is 709 g/mol. The first-order chi connectivity index (χ1) is 23.2. The lowest BCUT2D eigenvalue weighted by Crippen LogP contribution is -2.55. The predicted molar refractivity (Wildman–Crippen MR) is 190 cm³/mol. The van der Waals surface area contributed by atoms with Gasteiger partial charge >= 0.3 is 0 Å². The van der Waals surface area contributed by atoms with E-state index in [0.717, 1.165) is 42.0 Å². The van der Waals surface area contributed by atoms with Gasteiger partial charge in [0.1, 0.15) is 18.3 Å². The van der Waals surface area contributed by atoms with Crippen molar-refractivity contribution in [3.63, 3.8) is 0 Å². The fourth-order valence-electron chi connectivity index (χ4n) is 5.93. The summed E-state index contributed by atoms with van der Waals surface area (Å²) in [5.41, 5.74) is 1.81. The molecule has 0 heterocycles. The molecule has 252 valence electrons. The van der Waals surface area contributed by atoms with Gasteiger partial charge in [-0.15, -0.1) is 0 Å². The molecule has 48 heavy (non-hydrogen) atoms. The van der Waals surface area contributed by atoms with E-state index in [1.54, 1.807) is 60.7 Å². The second-order valence-corrected chi connectivity index (χ2v) is 14.5. The number of para-hydroxylation sites is 1. The van der Waals surface area contributed by atoms with E-state index in [2.05, 4.69) is 5.32 Å². The molecule has 0 bridgehead atoms. The van der Waals surface area contributed by atoms with Crippen LogP contribution in [0, 0.1) is 0 Å². The van der Waals surface area contributed by atoms with Gasteiger partial charge in [-0.25, -0.2) is 8.42 Å². The maximum absolute atomic E-state index is 14.7. The van der Waals surface area contributed by atoms with Crippen LogP contribution in [-0.2, 0) is 32.6 Å². The van der Waals surface area contributed by atoms with Crippen molar-refractivity contribution < 1.29 is 22.7 Å². The van der Waals surface area contributed by atoms with Gasteiger partial charge in [0.15, 0.2) is 0 Å². The zero-order chi connectivity index (χ0) is 34.1. The zero-order valence-electron chi connectivity index (χ0n) is 26.7. The summed E-state index contributed by atoms with van der Waals surface area (Å²) in [7, 11) is -2.73. The van der Waals surface area contributed by atoms with Crippen molar-refractivity contribution in [2.75, 3.05) is 18.0 Å². The van der Waals surface area contributed by atoms with Crippen molar-refractivity contribution in [3.8, 4) is 5.75 Å². The quantitative estimate of drug-likeness (QED) is 0.158. The van der Waals surface area contributed by atoms with Gasteiger partial charge in [-0.05, 0) is 72.5 Å². The standard InChI is InChI=1S/C37H39Cl2N3O5S/c1-47-31-18-20-32(21-19-31)48(45,46)42(30-15-9-4-10-16-30)26-36(43)41(25-28-17-22-33(38)34(39)23-28)35(24-27-11-5-2-6-12-27)37(44)40-29-13-7-3-8-14-29/h2,4-6,9-12,15-23,29,35H,3,7-8,13-14,24-26H2,1H3,(H,40,44)/t35-/m1/s1. The van der Waals surface area contributed by atoms with E-state index in [-0.39, 0.29) is 29.8 Å². The van der Waals surface area contributed by atoms with Gasteiger partial charge in [0.05, 0.1) is 27.7 Å². The molecule has 8 nitrogen and oxygen atoms in total. The average Bonchev–Trinajstić information content (AvgIpc) is 3.11. The minimum atomic E-state index is -4.23. The molecule has 11 heteroatoms. The Morgan fingerprint density at radius 2 is 1.48 bits per heavy atom. The number of benzene rings is 4. The molecule has 0 unspecified atom stereocenters. The molecular formula is C37H39Cl2N3O5S. The number of anilines is 1. The lowest BCUT2D eigenvalue weighted by Gasteiger charge is -2.35. The summed E-state index contributed by atoms with van der Waals surface area (Å²) in [6, 6.07) is 28.0. The van der Waals surface area contributed by atoms with Gasteiger partial charge in [-0.3, -0.25) is 13.9 Å². The van der Waals surface area contributed by atoms with Crippen molar-refractivity contribution in [3.05, 3.63) is 124 Å². The van der Waals surface area contributed by atoms with Gasteiger partial charge in [0, 0.05) is 19.0 Å². The molecule has 1 aliphatic carbocycles. The number of carbonyl (C=O) groups excluding carboxylic acids is 2. The van der Waals surface area contributed by atoms with Gasteiger partial charge in [-0.2, -0.15) is 0 Å². The van der Waals surface area contributed by atoms with Crippen LogP contribution in [0.3, 0.4) is 0 Å². The van der Waals surface area contributed by atoms with E-state index < -0.39 is 28.5 Å². The molecule has 2 amide bonds. The van der Waals surface area contributed by atoms with Crippen LogP contribution in [-0.4, -0.2) is 50.9 Å². The Labute approximate surface area is 292 Å². The first-order valence-electron chi connectivity index (χ1n) is 16.0. The van der Waals surface area contributed by atoms with Crippen molar-refractivity contribution in [1.29, 1.82) is 0 Å². The SMILES string of the molecule is COc1ccc(S(=O)(=O)N(CC(=O)N(Cc2ccc(Cl)c(Cl)c2)[C@H](Cc2ccccc2)C(=O)NC2CCCCC2)c2ccccc2)cc1. The third-order valence-corrected chi connectivity index (χ3v) is 11.1. The summed E-state index contributed by atoms with van der Waals surface area (Å²) in [6.07, 6.45) is 5.13. The highest BCUT2D eigenvalue weighted by Gasteiger charge is 2.35. The molecule has 5 rings (SSSR count). The smallest absolute Gasteiger partial charge is 0.264 e. The summed E-state index contributed by atoms with van der Waals surface area (Å²) < 4.78 is 34.7. The van der Waals surface area contributed by atoms with E-state index in [1.165, 1.54) is 24.1 Å². The van der Waals surface area contributed by atoms with E-state index >= 15 is 0 Å². The molecule has 1 fully saturated rings. The van der Waals surface area contributed by atoms with Crippen LogP contribution in [0.1, 0.15) is 43.2 Å². The third-order valence-electron chi connectivity index (χ3n) is 8.53. The van der Waals surface area contributed by atoms with Crippen molar-refractivity contribution in [2.45, 2.75) is 62.0 Å². The monoisotopic (exact) mass is 707 g/mol. The number of sulfonamides is 1. The number of amides is 2. The highest BCUT2D eigenvalue weighted by Crippen LogP contribution is 2.28. The molecule has 1 N–H and O–H groups in total. The number of ether oxygens (including phenoxy) is 1. The maximum Gasteiger partial charge on any atom is 0.264 e. The van der Waals surface area contributed by atoms with Crippen LogP contribution < -0.4 is 14.4 Å².